The Balaban J connectivity index is 1.64. The lowest BCUT2D eigenvalue weighted by Crippen LogP contribution is -2.24. The molecule has 6 heteroatoms. The van der Waals surface area contributed by atoms with Gasteiger partial charge in [-0.15, -0.1) is 10.2 Å². The molecule has 0 radical (unpaired) electrons. The summed E-state index contributed by atoms with van der Waals surface area (Å²) in [6.45, 7) is 8.21. The Morgan fingerprint density at radius 3 is 2.47 bits per heavy atom. The van der Waals surface area contributed by atoms with Gasteiger partial charge in [-0.25, -0.2) is 0 Å². The molecular formula is C24H26N4OS. The second-order valence-corrected chi connectivity index (χ2v) is 8.74. The minimum absolute atomic E-state index is 0.0243. The van der Waals surface area contributed by atoms with E-state index in [4.69, 9.17) is 0 Å². The third-order valence-electron chi connectivity index (χ3n) is 5.47. The standard InChI is InChI=1S/C24H26N4OS/c1-5-17-10-9-11-18(6-2)22(17)25-23(29)16(4)30-24-27-26-21-14-15(3)19-12-7-8-13-20(19)28(21)24/h7-14,16H,5-6H2,1-4H3,(H,25,29)/t16-/m1/s1. The lowest BCUT2D eigenvalue weighted by atomic mass is 10.0. The summed E-state index contributed by atoms with van der Waals surface area (Å²) in [5.74, 6) is -0.0243. The number of nitrogens with zero attached hydrogens (tertiary/aromatic N) is 3. The molecule has 5 nitrogen and oxygen atoms in total. The van der Waals surface area contributed by atoms with E-state index in [1.807, 2.05) is 29.5 Å². The van der Waals surface area contributed by atoms with Crippen molar-refractivity contribution in [3.05, 3.63) is 65.2 Å². The normalized spacial score (nSPS) is 12.4. The van der Waals surface area contributed by atoms with Gasteiger partial charge in [-0.05, 0) is 55.5 Å². The zero-order valence-electron chi connectivity index (χ0n) is 17.8. The van der Waals surface area contributed by atoms with E-state index < -0.39 is 0 Å². The molecule has 154 valence electrons. The third-order valence-corrected chi connectivity index (χ3v) is 6.51. The Hall–Kier alpha value is -2.86. The van der Waals surface area contributed by atoms with Crippen LogP contribution in [0.3, 0.4) is 0 Å². The molecule has 0 saturated heterocycles. The largest absolute Gasteiger partial charge is 0.325 e. The van der Waals surface area contributed by atoms with Crippen LogP contribution in [0.2, 0.25) is 0 Å². The fourth-order valence-electron chi connectivity index (χ4n) is 3.79. The maximum absolute atomic E-state index is 13.0. The second kappa shape index (κ2) is 8.48. The molecule has 0 aliphatic carbocycles. The zero-order chi connectivity index (χ0) is 21.3. The Bertz CT molecular complexity index is 1210. The number of aryl methyl sites for hydroxylation is 3. The maximum atomic E-state index is 13.0. The van der Waals surface area contributed by atoms with E-state index >= 15 is 0 Å². The van der Waals surface area contributed by atoms with E-state index in [2.05, 4.69) is 66.6 Å². The first-order chi connectivity index (χ1) is 14.5. The molecule has 2 aromatic heterocycles. The van der Waals surface area contributed by atoms with Crippen LogP contribution in [-0.4, -0.2) is 25.8 Å². The number of fused-ring (bicyclic) bond motifs is 3. The fraction of sp³-hybridized carbons (Fsp3) is 0.292. The minimum atomic E-state index is -0.313. The molecule has 30 heavy (non-hydrogen) atoms. The molecule has 0 aliphatic heterocycles. The molecule has 2 heterocycles. The van der Waals surface area contributed by atoms with E-state index in [1.165, 1.54) is 11.8 Å². The third kappa shape index (κ3) is 3.67. The van der Waals surface area contributed by atoms with Gasteiger partial charge in [-0.2, -0.15) is 0 Å². The summed E-state index contributed by atoms with van der Waals surface area (Å²) in [5, 5.41) is 13.5. The van der Waals surface area contributed by atoms with Crippen LogP contribution >= 0.6 is 11.8 Å². The smallest absolute Gasteiger partial charge is 0.237 e. The van der Waals surface area contributed by atoms with E-state index in [0.717, 1.165) is 56.9 Å². The number of carbonyl (C=O) groups is 1. The molecule has 0 spiro atoms. The van der Waals surface area contributed by atoms with Crippen LogP contribution in [0.25, 0.3) is 16.6 Å². The molecule has 0 unspecified atom stereocenters. The SMILES string of the molecule is CCc1cccc(CC)c1NC(=O)[C@@H](C)Sc1nnc2cc(C)c3ccccc3n12. The molecule has 0 fully saturated rings. The molecule has 0 saturated carbocycles. The van der Waals surface area contributed by atoms with Gasteiger partial charge in [-0.3, -0.25) is 9.20 Å². The molecular weight excluding hydrogens is 392 g/mol. The van der Waals surface area contributed by atoms with Gasteiger partial charge in [0.15, 0.2) is 10.8 Å². The summed E-state index contributed by atoms with van der Waals surface area (Å²) >= 11 is 1.43. The number of hydrogen-bond donors (Lipinski definition) is 1. The quantitative estimate of drug-likeness (QED) is 0.424. The van der Waals surface area contributed by atoms with Crippen molar-refractivity contribution in [2.24, 2.45) is 0 Å². The molecule has 4 aromatic rings. The highest BCUT2D eigenvalue weighted by Crippen LogP contribution is 2.29. The number of rotatable bonds is 6. The maximum Gasteiger partial charge on any atom is 0.237 e. The van der Waals surface area contributed by atoms with Gasteiger partial charge in [0.05, 0.1) is 10.8 Å². The van der Waals surface area contributed by atoms with Crippen LogP contribution in [0, 0.1) is 6.92 Å². The number of nitrogens with one attached hydrogen (secondary N) is 1. The van der Waals surface area contributed by atoms with Gasteiger partial charge in [0, 0.05) is 11.1 Å². The fourth-order valence-corrected chi connectivity index (χ4v) is 4.66. The first kappa shape index (κ1) is 20.4. The number of aromatic nitrogens is 3. The minimum Gasteiger partial charge on any atom is -0.325 e. The van der Waals surface area contributed by atoms with E-state index in [0.29, 0.717) is 0 Å². The number of thioether (sulfide) groups is 1. The van der Waals surface area contributed by atoms with Gasteiger partial charge >= 0.3 is 0 Å². The van der Waals surface area contributed by atoms with E-state index in [-0.39, 0.29) is 11.2 Å². The first-order valence-electron chi connectivity index (χ1n) is 10.3. The monoisotopic (exact) mass is 418 g/mol. The number of hydrogen-bond acceptors (Lipinski definition) is 4. The van der Waals surface area contributed by atoms with Crippen molar-refractivity contribution < 1.29 is 4.79 Å². The predicted molar refractivity (Wildman–Crippen MR) is 124 cm³/mol. The predicted octanol–water partition coefficient (Wildman–Crippen LogP) is 5.44. The van der Waals surface area contributed by atoms with Crippen molar-refractivity contribution in [2.45, 2.75) is 50.9 Å². The van der Waals surface area contributed by atoms with Gasteiger partial charge in [-0.1, -0.05) is 62.0 Å². The van der Waals surface area contributed by atoms with Crippen molar-refractivity contribution >= 4 is 39.9 Å². The Morgan fingerprint density at radius 1 is 1.07 bits per heavy atom. The number of pyridine rings is 1. The van der Waals surface area contributed by atoms with Crippen molar-refractivity contribution in [3.8, 4) is 0 Å². The van der Waals surface area contributed by atoms with Crippen molar-refractivity contribution in [1.82, 2.24) is 14.6 Å². The Kier molecular flexibility index (Phi) is 5.77. The molecule has 0 bridgehead atoms. The summed E-state index contributed by atoms with van der Waals surface area (Å²) in [5.41, 5.74) is 6.29. The number of amides is 1. The summed E-state index contributed by atoms with van der Waals surface area (Å²) in [4.78, 5) is 13.0. The summed E-state index contributed by atoms with van der Waals surface area (Å²) in [7, 11) is 0. The van der Waals surface area contributed by atoms with Crippen LogP contribution in [0.1, 0.15) is 37.5 Å². The second-order valence-electron chi connectivity index (χ2n) is 7.43. The van der Waals surface area contributed by atoms with Gasteiger partial charge in [0.2, 0.25) is 5.91 Å². The van der Waals surface area contributed by atoms with Crippen LogP contribution in [-0.2, 0) is 17.6 Å². The summed E-state index contributed by atoms with van der Waals surface area (Å²) in [6, 6.07) is 16.5. The zero-order valence-corrected chi connectivity index (χ0v) is 18.6. The average Bonchev–Trinajstić information content (AvgIpc) is 3.16. The Labute approximate surface area is 180 Å². The Morgan fingerprint density at radius 2 is 1.77 bits per heavy atom. The first-order valence-corrected chi connectivity index (χ1v) is 11.2. The van der Waals surface area contributed by atoms with Crippen LogP contribution in [0.5, 0.6) is 0 Å². The highest BCUT2D eigenvalue weighted by Gasteiger charge is 2.21. The summed E-state index contributed by atoms with van der Waals surface area (Å²) in [6.07, 6.45) is 1.76. The number of para-hydroxylation sites is 2. The van der Waals surface area contributed by atoms with Crippen molar-refractivity contribution in [3.63, 3.8) is 0 Å². The highest BCUT2D eigenvalue weighted by atomic mass is 32.2. The van der Waals surface area contributed by atoms with Gasteiger partial charge in [0.1, 0.15) is 0 Å². The lowest BCUT2D eigenvalue weighted by Gasteiger charge is -2.17. The number of anilines is 1. The molecule has 2 aromatic carbocycles. The molecule has 1 amide bonds. The van der Waals surface area contributed by atoms with Crippen molar-refractivity contribution in [2.75, 3.05) is 5.32 Å². The van der Waals surface area contributed by atoms with Crippen molar-refractivity contribution in [1.29, 1.82) is 0 Å². The summed E-state index contributed by atoms with van der Waals surface area (Å²) < 4.78 is 2.04. The van der Waals surface area contributed by atoms with Crippen LogP contribution in [0.4, 0.5) is 5.69 Å². The average molecular weight is 419 g/mol. The van der Waals surface area contributed by atoms with Crippen LogP contribution < -0.4 is 5.32 Å². The molecule has 4 rings (SSSR count). The van der Waals surface area contributed by atoms with E-state index in [1.54, 1.807) is 0 Å². The topological polar surface area (TPSA) is 59.3 Å². The van der Waals surface area contributed by atoms with Gasteiger partial charge < -0.3 is 5.32 Å². The molecule has 0 aliphatic rings. The molecule has 1 N–H and O–H groups in total. The lowest BCUT2D eigenvalue weighted by molar-refractivity contribution is -0.115. The highest BCUT2D eigenvalue weighted by molar-refractivity contribution is 8.00. The number of benzene rings is 2. The molecule has 1 atom stereocenters. The van der Waals surface area contributed by atoms with Gasteiger partial charge in [0.25, 0.3) is 0 Å². The van der Waals surface area contributed by atoms with E-state index in [9.17, 15) is 4.79 Å². The number of carbonyl (C=O) groups excluding carboxylic acids is 1. The van der Waals surface area contributed by atoms with Crippen LogP contribution in [0.15, 0.2) is 53.7 Å².